The Morgan fingerprint density at radius 3 is 0.824 bits per heavy atom. The Morgan fingerprint density at radius 2 is 0.527 bits per heavy atom. The highest BCUT2D eigenvalue weighted by atomic mass is 16.6. The summed E-state index contributed by atoms with van der Waals surface area (Å²) in [4.78, 5) is 37.9. The molecule has 428 valence electrons. The van der Waals surface area contributed by atoms with Crippen LogP contribution in [0.2, 0.25) is 0 Å². The summed E-state index contributed by atoms with van der Waals surface area (Å²) >= 11 is 0. The molecule has 1 atom stereocenters. The maximum absolute atomic E-state index is 12.8. The van der Waals surface area contributed by atoms with Crippen LogP contribution in [-0.4, -0.2) is 37.2 Å². The van der Waals surface area contributed by atoms with Gasteiger partial charge in [0, 0.05) is 19.3 Å². The van der Waals surface area contributed by atoms with Crippen molar-refractivity contribution in [1.82, 2.24) is 0 Å². The van der Waals surface area contributed by atoms with Crippen molar-refractivity contribution in [2.75, 3.05) is 13.2 Å². The molecule has 6 nitrogen and oxygen atoms in total. The molecule has 0 heterocycles. The Hall–Kier alpha value is -3.15. The molecule has 0 N–H and O–H groups in total. The van der Waals surface area contributed by atoms with Crippen LogP contribution in [0.4, 0.5) is 0 Å². The summed E-state index contributed by atoms with van der Waals surface area (Å²) < 4.78 is 16.8. The van der Waals surface area contributed by atoms with Gasteiger partial charge in [-0.15, -0.1) is 0 Å². The second kappa shape index (κ2) is 62.4. The first-order chi connectivity index (χ1) is 36.5. The average Bonchev–Trinajstić information content (AvgIpc) is 3.40. The zero-order chi connectivity index (χ0) is 53.6. The Kier molecular flexibility index (Phi) is 59.7. The molecular weight excluding hydrogens is 913 g/mol. The number of ether oxygens (including phenoxy) is 3. The summed E-state index contributed by atoms with van der Waals surface area (Å²) in [5.74, 6) is -0.884. The predicted molar refractivity (Wildman–Crippen MR) is 321 cm³/mol. The van der Waals surface area contributed by atoms with Crippen LogP contribution in [0.15, 0.2) is 72.9 Å². The van der Waals surface area contributed by atoms with Gasteiger partial charge >= 0.3 is 17.9 Å². The maximum Gasteiger partial charge on any atom is 0.306 e. The summed E-state index contributed by atoms with van der Waals surface area (Å²) in [6.45, 7) is 6.48. The Morgan fingerprint density at radius 1 is 0.284 bits per heavy atom. The molecular formula is C68H120O6. The summed E-state index contributed by atoms with van der Waals surface area (Å²) in [5.41, 5.74) is 0. The van der Waals surface area contributed by atoms with Crippen molar-refractivity contribution in [3.8, 4) is 0 Å². The molecule has 0 spiro atoms. The number of unbranched alkanes of at least 4 members (excludes halogenated alkanes) is 35. The van der Waals surface area contributed by atoms with Crippen molar-refractivity contribution in [2.45, 2.75) is 329 Å². The van der Waals surface area contributed by atoms with E-state index in [4.69, 9.17) is 14.2 Å². The second-order valence-electron chi connectivity index (χ2n) is 21.3. The SMILES string of the molecule is CC/C=C\C/C=C\C/C=C\C/C=C\C/C=C\C/C=C\CCCCCCCCCCC(=O)OCC(COC(=O)CCCCCCC)OC(=O)CCCCCCCCCCCCCCCCCCCCCCCCCC. The second-order valence-corrected chi connectivity index (χ2v) is 21.3. The third kappa shape index (κ3) is 59.7. The lowest BCUT2D eigenvalue weighted by Crippen LogP contribution is -2.30. The Bertz CT molecular complexity index is 1370. The van der Waals surface area contributed by atoms with Gasteiger partial charge in [0.05, 0.1) is 0 Å². The van der Waals surface area contributed by atoms with E-state index in [9.17, 15) is 14.4 Å². The highest BCUT2D eigenvalue weighted by Crippen LogP contribution is 2.17. The minimum absolute atomic E-state index is 0.0758. The number of hydrogen-bond donors (Lipinski definition) is 0. The van der Waals surface area contributed by atoms with E-state index < -0.39 is 6.10 Å². The fourth-order valence-electron chi connectivity index (χ4n) is 9.21. The van der Waals surface area contributed by atoms with Crippen LogP contribution < -0.4 is 0 Å². The highest BCUT2D eigenvalue weighted by Gasteiger charge is 2.19. The number of hydrogen-bond acceptors (Lipinski definition) is 6. The average molecular weight is 1030 g/mol. The van der Waals surface area contributed by atoms with Gasteiger partial charge in [0.2, 0.25) is 0 Å². The van der Waals surface area contributed by atoms with Crippen molar-refractivity contribution < 1.29 is 28.6 Å². The van der Waals surface area contributed by atoms with Crippen LogP contribution in [0.5, 0.6) is 0 Å². The summed E-state index contributed by atoms with van der Waals surface area (Å²) in [7, 11) is 0. The van der Waals surface area contributed by atoms with E-state index in [2.05, 4.69) is 93.7 Å². The summed E-state index contributed by atoms with van der Waals surface area (Å²) in [6, 6.07) is 0. The van der Waals surface area contributed by atoms with Gasteiger partial charge in [0.15, 0.2) is 6.10 Å². The van der Waals surface area contributed by atoms with E-state index in [1.54, 1.807) is 0 Å². The first kappa shape index (κ1) is 70.8. The molecule has 0 fully saturated rings. The molecule has 0 amide bonds. The normalized spacial score (nSPS) is 12.5. The molecule has 0 aromatic carbocycles. The molecule has 0 radical (unpaired) electrons. The number of carbonyl (C=O) groups is 3. The zero-order valence-electron chi connectivity index (χ0n) is 49.1. The van der Waals surface area contributed by atoms with Crippen LogP contribution >= 0.6 is 0 Å². The van der Waals surface area contributed by atoms with Crippen LogP contribution in [0.1, 0.15) is 323 Å². The van der Waals surface area contributed by atoms with Crippen molar-refractivity contribution in [2.24, 2.45) is 0 Å². The third-order valence-electron chi connectivity index (χ3n) is 14.0. The molecule has 6 heteroatoms. The van der Waals surface area contributed by atoms with Crippen LogP contribution in [-0.2, 0) is 28.6 Å². The molecule has 0 bridgehead atoms. The van der Waals surface area contributed by atoms with E-state index in [0.717, 1.165) is 109 Å². The lowest BCUT2D eigenvalue weighted by molar-refractivity contribution is -0.167. The van der Waals surface area contributed by atoms with Gasteiger partial charge in [0.1, 0.15) is 13.2 Å². The minimum atomic E-state index is -0.774. The van der Waals surface area contributed by atoms with E-state index >= 15 is 0 Å². The lowest BCUT2D eigenvalue weighted by atomic mass is 10.0. The van der Waals surface area contributed by atoms with Gasteiger partial charge in [-0.2, -0.15) is 0 Å². The van der Waals surface area contributed by atoms with Gasteiger partial charge < -0.3 is 14.2 Å². The molecule has 0 rings (SSSR count). The molecule has 0 aromatic heterocycles. The molecule has 74 heavy (non-hydrogen) atoms. The number of carbonyl (C=O) groups excluding carboxylic acids is 3. The van der Waals surface area contributed by atoms with Crippen molar-refractivity contribution in [3.63, 3.8) is 0 Å². The predicted octanol–water partition coefficient (Wildman–Crippen LogP) is 21.7. The molecule has 0 saturated carbocycles. The smallest absolute Gasteiger partial charge is 0.306 e. The fraction of sp³-hybridized carbons (Fsp3) is 0.779. The molecule has 0 aromatic rings. The number of esters is 3. The van der Waals surface area contributed by atoms with Gasteiger partial charge in [-0.1, -0.05) is 306 Å². The molecule has 0 aliphatic rings. The van der Waals surface area contributed by atoms with Gasteiger partial charge in [-0.3, -0.25) is 14.4 Å². The largest absolute Gasteiger partial charge is 0.462 e. The number of rotatable bonds is 58. The highest BCUT2D eigenvalue weighted by molar-refractivity contribution is 5.71. The molecule has 0 aliphatic carbocycles. The Balaban J connectivity index is 4.05. The third-order valence-corrected chi connectivity index (χ3v) is 14.0. The van der Waals surface area contributed by atoms with Gasteiger partial charge in [0.25, 0.3) is 0 Å². The van der Waals surface area contributed by atoms with Crippen molar-refractivity contribution >= 4 is 17.9 Å². The fourth-order valence-corrected chi connectivity index (χ4v) is 9.21. The molecule has 0 aliphatic heterocycles. The van der Waals surface area contributed by atoms with E-state index in [1.165, 1.54) is 173 Å². The maximum atomic E-state index is 12.8. The minimum Gasteiger partial charge on any atom is -0.462 e. The van der Waals surface area contributed by atoms with Crippen LogP contribution in [0, 0.1) is 0 Å². The topological polar surface area (TPSA) is 78.9 Å². The molecule has 1 unspecified atom stereocenters. The van der Waals surface area contributed by atoms with Gasteiger partial charge in [-0.25, -0.2) is 0 Å². The quantitative estimate of drug-likeness (QED) is 0.0261. The van der Waals surface area contributed by atoms with Crippen molar-refractivity contribution in [1.29, 1.82) is 0 Å². The first-order valence-electron chi connectivity index (χ1n) is 31.9. The van der Waals surface area contributed by atoms with E-state index in [0.29, 0.717) is 19.3 Å². The summed E-state index contributed by atoms with van der Waals surface area (Å²) in [6.07, 6.45) is 81.0. The lowest BCUT2D eigenvalue weighted by Gasteiger charge is -2.18. The first-order valence-corrected chi connectivity index (χ1v) is 31.9. The van der Waals surface area contributed by atoms with Crippen LogP contribution in [0.25, 0.3) is 0 Å². The van der Waals surface area contributed by atoms with Crippen LogP contribution in [0.3, 0.4) is 0 Å². The number of allylic oxidation sites excluding steroid dienone is 12. The van der Waals surface area contributed by atoms with E-state index in [-0.39, 0.29) is 31.1 Å². The van der Waals surface area contributed by atoms with Gasteiger partial charge in [-0.05, 0) is 70.6 Å². The standard InChI is InChI=1S/C68H120O6/c1-4-7-10-13-15-17-19-21-23-25-27-29-31-33-34-35-37-38-40-42-44-46-48-50-52-55-58-61-67(70)73-64-65(63-72-66(69)60-57-54-12-9-6-3)74-68(71)62-59-56-53-51-49-47-45-43-41-39-36-32-30-28-26-24-22-20-18-16-14-11-8-5-2/h7,10,15,17,21,23,27,29,33-34,37-38,65H,4-6,8-9,11-14,16,18-20,22,24-26,28,30-32,35-36,39-64H2,1-3H3/b10-7-,17-15-,23-21-,29-27-,34-33-,38-37-. The summed E-state index contributed by atoms with van der Waals surface area (Å²) in [5, 5.41) is 0. The monoisotopic (exact) mass is 1030 g/mol. The zero-order valence-corrected chi connectivity index (χ0v) is 49.1. The Labute approximate surface area is 459 Å². The van der Waals surface area contributed by atoms with Crippen molar-refractivity contribution in [3.05, 3.63) is 72.9 Å². The van der Waals surface area contributed by atoms with E-state index in [1.807, 2.05) is 0 Å². The molecule has 0 saturated heterocycles.